The van der Waals surface area contributed by atoms with Crippen LogP contribution in [-0.4, -0.2) is 18.4 Å². The van der Waals surface area contributed by atoms with Gasteiger partial charge in [-0.05, 0) is 24.5 Å². The van der Waals surface area contributed by atoms with E-state index >= 15 is 0 Å². The Hall–Kier alpha value is -1.36. The summed E-state index contributed by atoms with van der Waals surface area (Å²) < 4.78 is 1.01. The van der Waals surface area contributed by atoms with Crippen LogP contribution in [0.5, 0.6) is 0 Å². The van der Waals surface area contributed by atoms with Gasteiger partial charge in [-0.1, -0.05) is 41.1 Å². The minimum Gasteiger partial charge on any atom is -0.370 e. The topological polar surface area (TPSA) is 72.2 Å². The lowest BCUT2D eigenvalue weighted by Gasteiger charge is -2.15. The highest BCUT2D eigenvalue weighted by Gasteiger charge is 2.17. The van der Waals surface area contributed by atoms with Gasteiger partial charge >= 0.3 is 0 Å². The van der Waals surface area contributed by atoms with Gasteiger partial charge in [-0.15, -0.1) is 0 Å². The average Bonchev–Trinajstić information content (AvgIpc) is 2.37. The van der Waals surface area contributed by atoms with Crippen LogP contribution in [0.15, 0.2) is 28.7 Å². The molecule has 0 aromatic heterocycles. The Bertz CT molecular complexity index is 449. The molecule has 0 fully saturated rings. The third-order valence-corrected chi connectivity index (χ3v) is 3.73. The van der Waals surface area contributed by atoms with Crippen molar-refractivity contribution in [3.63, 3.8) is 0 Å². The van der Waals surface area contributed by atoms with Gasteiger partial charge in [0.15, 0.2) is 0 Å². The predicted molar refractivity (Wildman–Crippen MR) is 78.4 cm³/mol. The van der Waals surface area contributed by atoms with Gasteiger partial charge < -0.3 is 11.1 Å². The van der Waals surface area contributed by atoms with Crippen LogP contribution in [0, 0.1) is 5.92 Å². The van der Waals surface area contributed by atoms with E-state index in [0.717, 1.165) is 16.5 Å². The Morgan fingerprint density at radius 3 is 2.63 bits per heavy atom. The Balaban J connectivity index is 2.55. The zero-order valence-corrected chi connectivity index (χ0v) is 12.6. The predicted octanol–water partition coefficient (Wildman–Crippen LogP) is 2.01. The summed E-state index contributed by atoms with van der Waals surface area (Å²) in [6.07, 6.45) is 1.61. The molecule has 5 heteroatoms. The van der Waals surface area contributed by atoms with Crippen LogP contribution in [-0.2, 0) is 16.0 Å². The molecule has 0 saturated heterocycles. The summed E-state index contributed by atoms with van der Waals surface area (Å²) in [6.45, 7) is 2.29. The first-order valence-electron chi connectivity index (χ1n) is 6.34. The molecule has 0 bridgehead atoms. The fourth-order valence-corrected chi connectivity index (χ4v) is 2.25. The number of nitrogens with two attached hydrogens (primary N) is 1. The van der Waals surface area contributed by atoms with Crippen LogP contribution >= 0.6 is 15.9 Å². The van der Waals surface area contributed by atoms with E-state index in [9.17, 15) is 9.59 Å². The van der Waals surface area contributed by atoms with Gasteiger partial charge in [0.05, 0.1) is 0 Å². The number of rotatable bonds is 7. The first kappa shape index (κ1) is 15.7. The summed E-state index contributed by atoms with van der Waals surface area (Å²) in [7, 11) is 0. The van der Waals surface area contributed by atoms with Gasteiger partial charge in [0.2, 0.25) is 11.8 Å². The second-order valence-electron chi connectivity index (χ2n) is 4.41. The second-order valence-corrected chi connectivity index (χ2v) is 5.26. The number of carbonyl (C=O) groups is 2. The van der Waals surface area contributed by atoms with Gasteiger partial charge in [0, 0.05) is 23.4 Å². The van der Waals surface area contributed by atoms with Crippen LogP contribution in [0.3, 0.4) is 0 Å². The summed E-state index contributed by atoms with van der Waals surface area (Å²) in [5, 5.41) is 2.75. The Morgan fingerprint density at radius 1 is 1.37 bits per heavy atom. The lowest BCUT2D eigenvalue weighted by molar-refractivity contribution is -0.125. The molecule has 4 nitrogen and oxygen atoms in total. The molecule has 104 valence electrons. The first-order valence-corrected chi connectivity index (χ1v) is 7.13. The van der Waals surface area contributed by atoms with E-state index in [4.69, 9.17) is 5.73 Å². The molecule has 0 unspecified atom stereocenters. The molecule has 0 aliphatic heterocycles. The van der Waals surface area contributed by atoms with Crippen molar-refractivity contribution in [2.45, 2.75) is 26.2 Å². The fraction of sp³-hybridized carbons (Fsp3) is 0.429. The standard InChI is InChI=1S/C14H19BrN2O2/c1-2-10(14(19)17-8-7-13(16)18)9-11-5-3-4-6-12(11)15/h3-6,10H,2,7-9H2,1H3,(H2,16,18)(H,17,19)/t10-/m1/s1. The minimum absolute atomic E-state index is 0.0282. The molecule has 0 aliphatic carbocycles. The maximum atomic E-state index is 12.0. The SMILES string of the molecule is CC[C@H](Cc1ccccc1Br)C(=O)NCCC(N)=O. The van der Waals surface area contributed by atoms with Gasteiger partial charge in [-0.25, -0.2) is 0 Å². The molecule has 0 spiro atoms. The molecule has 0 heterocycles. The van der Waals surface area contributed by atoms with E-state index in [-0.39, 0.29) is 18.2 Å². The number of halogens is 1. The van der Waals surface area contributed by atoms with Gasteiger partial charge in [-0.3, -0.25) is 9.59 Å². The van der Waals surface area contributed by atoms with Gasteiger partial charge in [0.25, 0.3) is 0 Å². The lowest BCUT2D eigenvalue weighted by atomic mass is 9.96. The zero-order chi connectivity index (χ0) is 14.3. The number of hydrogen-bond acceptors (Lipinski definition) is 2. The summed E-state index contributed by atoms with van der Waals surface area (Å²) >= 11 is 3.48. The van der Waals surface area contributed by atoms with E-state index < -0.39 is 5.91 Å². The van der Waals surface area contributed by atoms with Gasteiger partial charge in [0.1, 0.15) is 0 Å². The monoisotopic (exact) mass is 326 g/mol. The van der Waals surface area contributed by atoms with Crippen LogP contribution < -0.4 is 11.1 Å². The maximum Gasteiger partial charge on any atom is 0.223 e. The third kappa shape index (κ3) is 5.42. The van der Waals surface area contributed by atoms with Crippen LogP contribution in [0.25, 0.3) is 0 Å². The Labute approximate surface area is 121 Å². The van der Waals surface area contributed by atoms with E-state index in [0.29, 0.717) is 13.0 Å². The molecule has 1 atom stereocenters. The summed E-state index contributed by atoms with van der Waals surface area (Å²) in [5.41, 5.74) is 6.14. The molecule has 0 saturated carbocycles. The van der Waals surface area contributed by atoms with Crippen LogP contribution in [0.1, 0.15) is 25.3 Å². The Morgan fingerprint density at radius 2 is 2.05 bits per heavy atom. The van der Waals surface area contributed by atoms with Crippen molar-refractivity contribution in [1.29, 1.82) is 0 Å². The van der Waals surface area contributed by atoms with E-state index in [1.54, 1.807) is 0 Å². The number of benzene rings is 1. The van der Waals surface area contributed by atoms with Crippen molar-refractivity contribution in [3.8, 4) is 0 Å². The van der Waals surface area contributed by atoms with Crippen molar-refractivity contribution in [3.05, 3.63) is 34.3 Å². The number of amides is 2. The molecular weight excluding hydrogens is 308 g/mol. The van der Waals surface area contributed by atoms with Crippen molar-refractivity contribution >= 4 is 27.7 Å². The van der Waals surface area contributed by atoms with Gasteiger partial charge in [-0.2, -0.15) is 0 Å². The van der Waals surface area contributed by atoms with Crippen molar-refractivity contribution in [2.75, 3.05) is 6.54 Å². The maximum absolute atomic E-state index is 12.0. The van der Waals surface area contributed by atoms with Crippen LogP contribution in [0.4, 0.5) is 0 Å². The molecule has 1 rings (SSSR count). The summed E-state index contributed by atoms with van der Waals surface area (Å²) in [4.78, 5) is 22.6. The number of primary amides is 1. The average molecular weight is 327 g/mol. The summed E-state index contributed by atoms with van der Waals surface area (Å²) in [5.74, 6) is -0.523. The van der Waals surface area contributed by atoms with Crippen LogP contribution in [0.2, 0.25) is 0 Å². The lowest BCUT2D eigenvalue weighted by Crippen LogP contribution is -2.34. The Kier molecular flexibility index (Phi) is 6.56. The zero-order valence-electron chi connectivity index (χ0n) is 11.0. The molecule has 3 N–H and O–H groups in total. The molecule has 1 aromatic carbocycles. The highest BCUT2D eigenvalue weighted by Crippen LogP contribution is 2.21. The quantitative estimate of drug-likeness (QED) is 0.804. The molecule has 19 heavy (non-hydrogen) atoms. The van der Waals surface area contributed by atoms with Crippen molar-refractivity contribution < 1.29 is 9.59 Å². The number of carbonyl (C=O) groups excluding carboxylic acids is 2. The largest absolute Gasteiger partial charge is 0.370 e. The molecule has 0 radical (unpaired) electrons. The summed E-state index contributed by atoms with van der Waals surface area (Å²) in [6, 6.07) is 7.87. The van der Waals surface area contributed by atoms with Crippen molar-refractivity contribution in [2.24, 2.45) is 11.7 Å². The fourth-order valence-electron chi connectivity index (χ4n) is 1.81. The highest BCUT2D eigenvalue weighted by atomic mass is 79.9. The molecule has 1 aromatic rings. The second kappa shape index (κ2) is 7.94. The minimum atomic E-state index is -0.404. The normalized spacial score (nSPS) is 11.9. The molecular formula is C14H19BrN2O2. The highest BCUT2D eigenvalue weighted by molar-refractivity contribution is 9.10. The van der Waals surface area contributed by atoms with Crippen molar-refractivity contribution in [1.82, 2.24) is 5.32 Å². The first-order chi connectivity index (χ1) is 9.04. The smallest absolute Gasteiger partial charge is 0.223 e. The number of hydrogen-bond donors (Lipinski definition) is 2. The molecule has 2 amide bonds. The van der Waals surface area contributed by atoms with E-state index in [1.807, 2.05) is 31.2 Å². The van der Waals surface area contributed by atoms with E-state index in [2.05, 4.69) is 21.2 Å². The third-order valence-electron chi connectivity index (χ3n) is 2.96. The number of nitrogens with one attached hydrogen (secondary N) is 1. The molecule has 0 aliphatic rings. The van der Waals surface area contributed by atoms with E-state index in [1.165, 1.54) is 0 Å².